The Hall–Kier alpha value is -1.51. The highest BCUT2D eigenvalue weighted by Gasteiger charge is 2.27. The van der Waals surface area contributed by atoms with Gasteiger partial charge < -0.3 is 19.7 Å². The second-order valence-electron chi connectivity index (χ2n) is 6.41. The summed E-state index contributed by atoms with van der Waals surface area (Å²) in [6.07, 6.45) is 1.62. The van der Waals surface area contributed by atoms with Crippen LogP contribution in [-0.4, -0.2) is 56.2 Å². The molecular weight excluding hydrogens is 457 g/mol. The molecule has 7 heteroatoms. The predicted octanol–water partition coefficient (Wildman–Crippen LogP) is 3.23. The van der Waals surface area contributed by atoms with E-state index in [-0.39, 0.29) is 35.9 Å². The van der Waals surface area contributed by atoms with Crippen LogP contribution in [0.25, 0.3) is 0 Å². The number of aryl methyl sites for hydroxylation is 1. The fraction of sp³-hybridized carbons (Fsp3) is 0.600. The number of nitrogens with one attached hydrogen (secondary N) is 1. The number of rotatable bonds is 7. The third-order valence-corrected chi connectivity index (χ3v) is 4.36. The van der Waals surface area contributed by atoms with Crippen LogP contribution in [0.2, 0.25) is 0 Å². The largest absolute Gasteiger partial charge is 0.492 e. The molecule has 27 heavy (non-hydrogen) atoms. The summed E-state index contributed by atoms with van der Waals surface area (Å²) >= 11 is 0. The van der Waals surface area contributed by atoms with Crippen LogP contribution in [0.5, 0.6) is 5.75 Å². The lowest BCUT2D eigenvalue weighted by molar-refractivity contribution is -0.149. The van der Waals surface area contributed by atoms with Crippen molar-refractivity contribution in [3.8, 4) is 5.75 Å². The van der Waals surface area contributed by atoms with E-state index in [0.29, 0.717) is 19.8 Å². The van der Waals surface area contributed by atoms with Gasteiger partial charge in [0.25, 0.3) is 0 Å². The average Bonchev–Trinajstić information content (AvgIpc) is 2.65. The zero-order valence-corrected chi connectivity index (χ0v) is 18.9. The van der Waals surface area contributed by atoms with Crippen molar-refractivity contribution in [1.29, 1.82) is 0 Å². The Morgan fingerprint density at radius 3 is 2.67 bits per heavy atom. The van der Waals surface area contributed by atoms with Crippen LogP contribution in [0.15, 0.2) is 29.3 Å². The SMILES string of the molecule is CCNC(=NCCOc1cccc(C)c1)N1CCC(C(=O)OCC)CC1.I. The second-order valence-corrected chi connectivity index (χ2v) is 6.41. The number of ether oxygens (including phenoxy) is 2. The van der Waals surface area contributed by atoms with Gasteiger partial charge >= 0.3 is 5.97 Å². The quantitative estimate of drug-likeness (QED) is 0.210. The number of guanidine groups is 1. The van der Waals surface area contributed by atoms with Crippen molar-refractivity contribution in [1.82, 2.24) is 10.2 Å². The number of nitrogens with zero attached hydrogens (tertiary/aromatic N) is 2. The Morgan fingerprint density at radius 1 is 1.30 bits per heavy atom. The van der Waals surface area contributed by atoms with Gasteiger partial charge in [-0.1, -0.05) is 12.1 Å². The van der Waals surface area contributed by atoms with Crippen molar-refractivity contribution in [2.75, 3.05) is 39.4 Å². The van der Waals surface area contributed by atoms with Gasteiger partial charge in [-0.3, -0.25) is 4.79 Å². The van der Waals surface area contributed by atoms with Gasteiger partial charge in [0.05, 0.1) is 19.1 Å². The first-order valence-corrected chi connectivity index (χ1v) is 9.53. The van der Waals surface area contributed by atoms with Crippen LogP contribution >= 0.6 is 24.0 Å². The lowest BCUT2D eigenvalue weighted by Crippen LogP contribution is -2.46. The minimum absolute atomic E-state index is 0. The maximum atomic E-state index is 11.9. The number of carbonyl (C=O) groups excluding carboxylic acids is 1. The number of hydrogen-bond donors (Lipinski definition) is 1. The molecule has 0 aromatic heterocycles. The molecule has 1 aliphatic heterocycles. The van der Waals surface area contributed by atoms with Crippen LogP contribution < -0.4 is 10.1 Å². The first kappa shape index (κ1) is 23.5. The summed E-state index contributed by atoms with van der Waals surface area (Å²) in [5, 5.41) is 3.33. The monoisotopic (exact) mass is 489 g/mol. The molecule has 2 rings (SSSR count). The van der Waals surface area contributed by atoms with E-state index < -0.39 is 0 Å². The van der Waals surface area contributed by atoms with Crippen LogP contribution in [0.3, 0.4) is 0 Å². The molecule has 1 N–H and O–H groups in total. The molecule has 1 aromatic carbocycles. The molecule has 0 spiro atoms. The fourth-order valence-electron chi connectivity index (χ4n) is 3.03. The minimum Gasteiger partial charge on any atom is -0.492 e. The normalized spacial score (nSPS) is 15.1. The Bertz CT molecular complexity index is 602. The van der Waals surface area contributed by atoms with Gasteiger partial charge in [-0.15, -0.1) is 24.0 Å². The summed E-state index contributed by atoms with van der Waals surface area (Å²) in [7, 11) is 0. The van der Waals surface area contributed by atoms with Gasteiger partial charge in [0.1, 0.15) is 12.4 Å². The van der Waals surface area contributed by atoms with Crippen molar-refractivity contribution >= 4 is 35.9 Å². The maximum Gasteiger partial charge on any atom is 0.309 e. The highest BCUT2D eigenvalue weighted by molar-refractivity contribution is 14.0. The highest BCUT2D eigenvalue weighted by atomic mass is 127. The van der Waals surface area contributed by atoms with E-state index >= 15 is 0 Å². The number of aliphatic imine (C=N–C) groups is 1. The number of likely N-dealkylation sites (tertiary alicyclic amines) is 1. The summed E-state index contributed by atoms with van der Waals surface area (Å²) < 4.78 is 10.9. The molecule has 0 aliphatic carbocycles. The molecule has 1 aliphatic rings. The van der Waals surface area contributed by atoms with Crippen molar-refractivity contribution < 1.29 is 14.3 Å². The highest BCUT2D eigenvalue weighted by Crippen LogP contribution is 2.19. The number of piperidine rings is 1. The first-order valence-electron chi connectivity index (χ1n) is 9.53. The summed E-state index contributed by atoms with van der Waals surface area (Å²) in [5.41, 5.74) is 1.18. The van der Waals surface area contributed by atoms with Crippen LogP contribution in [0, 0.1) is 12.8 Å². The summed E-state index contributed by atoms with van der Waals surface area (Å²) in [6, 6.07) is 8.02. The van der Waals surface area contributed by atoms with E-state index in [9.17, 15) is 4.79 Å². The second kappa shape index (κ2) is 12.8. The van der Waals surface area contributed by atoms with E-state index in [0.717, 1.165) is 44.2 Å². The van der Waals surface area contributed by atoms with Crippen molar-refractivity contribution in [2.24, 2.45) is 10.9 Å². The molecule has 0 unspecified atom stereocenters. The molecule has 1 heterocycles. The summed E-state index contributed by atoms with van der Waals surface area (Å²) in [4.78, 5) is 18.8. The van der Waals surface area contributed by atoms with Gasteiger partial charge in [0, 0.05) is 19.6 Å². The molecule has 0 saturated carbocycles. The molecule has 0 amide bonds. The number of benzene rings is 1. The van der Waals surface area contributed by atoms with Gasteiger partial charge in [-0.05, 0) is 51.3 Å². The van der Waals surface area contributed by atoms with Gasteiger partial charge in [0.15, 0.2) is 5.96 Å². The zero-order valence-electron chi connectivity index (χ0n) is 16.6. The molecule has 0 bridgehead atoms. The predicted molar refractivity (Wildman–Crippen MR) is 119 cm³/mol. The lowest BCUT2D eigenvalue weighted by Gasteiger charge is -2.33. The average molecular weight is 489 g/mol. The number of hydrogen-bond acceptors (Lipinski definition) is 4. The molecular formula is C20H32IN3O3. The molecule has 1 saturated heterocycles. The summed E-state index contributed by atoms with van der Waals surface area (Å²) in [5.74, 6) is 1.71. The van der Waals surface area contributed by atoms with Crippen molar-refractivity contribution in [3.05, 3.63) is 29.8 Å². The molecule has 0 atom stereocenters. The maximum absolute atomic E-state index is 11.9. The Kier molecular flexibility index (Phi) is 11.2. The van der Waals surface area contributed by atoms with E-state index in [4.69, 9.17) is 9.47 Å². The molecule has 1 fully saturated rings. The molecule has 6 nitrogen and oxygen atoms in total. The topological polar surface area (TPSA) is 63.2 Å². The van der Waals surface area contributed by atoms with E-state index in [1.54, 1.807) is 0 Å². The third kappa shape index (κ3) is 7.94. The minimum atomic E-state index is -0.0688. The standard InChI is InChI=1S/C20H31N3O3.HI/c1-4-21-20(22-11-14-26-18-8-6-7-16(3)15-18)23-12-9-17(10-13-23)19(24)25-5-2;/h6-8,15,17H,4-5,9-14H2,1-3H3,(H,21,22);1H. The van der Waals surface area contributed by atoms with E-state index in [2.05, 4.69) is 22.1 Å². The summed E-state index contributed by atoms with van der Waals surface area (Å²) in [6.45, 7) is 9.98. The van der Waals surface area contributed by atoms with Gasteiger partial charge in [0.2, 0.25) is 0 Å². The first-order chi connectivity index (χ1) is 12.6. The Labute approximate surface area is 179 Å². The third-order valence-electron chi connectivity index (χ3n) is 4.36. The van der Waals surface area contributed by atoms with Crippen LogP contribution in [0.4, 0.5) is 0 Å². The molecule has 1 aromatic rings. The Balaban J connectivity index is 0.00000364. The molecule has 152 valence electrons. The number of carbonyl (C=O) groups is 1. The lowest BCUT2D eigenvalue weighted by atomic mass is 9.97. The van der Waals surface area contributed by atoms with Crippen LogP contribution in [0.1, 0.15) is 32.3 Å². The van der Waals surface area contributed by atoms with Gasteiger partial charge in [-0.2, -0.15) is 0 Å². The molecule has 0 radical (unpaired) electrons. The smallest absolute Gasteiger partial charge is 0.309 e. The Morgan fingerprint density at radius 2 is 2.04 bits per heavy atom. The zero-order chi connectivity index (χ0) is 18.8. The van der Waals surface area contributed by atoms with Crippen molar-refractivity contribution in [3.63, 3.8) is 0 Å². The van der Waals surface area contributed by atoms with Crippen LogP contribution in [-0.2, 0) is 9.53 Å². The number of esters is 1. The fourth-order valence-corrected chi connectivity index (χ4v) is 3.03. The number of halogens is 1. The van der Waals surface area contributed by atoms with Gasteiger partial charge in [-0.25, -0.2) is 4.99 Å². The van der Waals surface area contributed by atoms with E-state index in [1.807, 2.05) is 38.1 Å². The van der Waals surface area contributed by atoms with E-state index in [1.165, 1.54) is 5.56 Å². The van der Waals surface area contributed by atoms with Crippen molar-refractivity contribution in [2.45, 2.75) is 33.6 Å².